The minimum atomic E-state index is -1.25. The highest BCUT2D eigenvalue weighted by Gasteiger charge is 2.19. The number of nitro benzene ring substituents is 2. The van der Waals surface area contributed by atoms with E-state index in [2.05, 4.69) is 0 Å². The molecule has 0 aliphatic carbocycles. The number of carbonyl (C=O) groups is 4. The fourth-order valence-electron chi connectivity index (χ4n) is 3.53. The summed E-state index contributed by atoms with van der Waals surface area (Å²) in [6.07, 6.45) is 0.647. The Hall–Kier alpha value is -4.46. The summed E-state index contributed by atoms with van der Waals surface area (Å²) in [6.45, 7) is -2.02. The number of aliphatic carboxylic acids is 3. The van der Waals surface area contributed by atoms with Crippen LogP contribution in [0.1, 0.15) is 11.1 Å². The second kappa shape index (κ2) is 23.0. The largest absolute Gasteiger partial charge is 0.480 e. The van der Waals surface area contributed by atoms with E-state index in [1.165, 1.54) is 41.3 Å². The molecule has 18 nitrogen and oxygen atoms in total. The number of esters is 1. The molecule has 2 rings (SSSR count). The van der Waals surface area contributed by atoms with E-state index >= 15 is 0 Å². The Morgan fingerprint density at radius 1 is 0.717 bits per heavy atom. The molecule has 7 N–H and O–H groups in total. The lowest BCUT2D eigenvalue weighted by Crippen LogP contribution is -2.43. The number of non-ortho nitro benzene ring substituents is 2. The van der Waals surface area contributed by atoms with Gasteiger partial charge in [0.05, 0.1) is 36.0 Å². The Morgan fingerprint density at radius 2 is 1.09 bits per heavy atom. The Morgan fingerprint density at radius 3 is 1.43 bits per heavy atom. The van der Waals surface area contributed by atoms with Crippen LogP contribution < -0.4 is 11.5 Å². The number of halogens is 2. The van der Waals surface area contributed by atoms with Gasteiger partial charge in [-0.3, -0.25) is 49.2 Å². The van der Waals surface area contributed by atoms with Gasteiger partial charge in [-0.05, 0) is 29.7 Å². The number of nitrogens with two attached hydrogens (primary N) is 2. The number of nitro groups is 2. The molecule has 256 valence electrons. The monoisotopic (exact) mass is 694 g/mol. The Kier molecular flexibility index (Phi) is 21.8. The average molecular weight is 696 g/mol. The molecule has 1 unspecified atom stereocenters. The van der Waals surface area contributed by atoms with E-state index in [0.717, 1.165) is 10.5 Å². The molecule has 0 amide bonds. The topological polar surface area (TPSA) is 283 Å². The lowest BCUT2D eigenvalue weighted by molar-refractivity contribution is -0.385. The first-order chi connectivity index (χ1) is 20.7. The molecule has 0 fully saturated rings. The maximum Gasteiger partial charge on any atom is 0.320 e. The van der Waals surface area contributed by atoms with Gasteiger partial charge < -0.3 is 31.5 Å². The van der Waals surface area contributed by atoms with E-state index in [4.69, 9.17) is 31.5 Å². The maximum absolute atomic E-state index is 12.0. The number of benzene rings is 2. The molecule has 0 aliphatic rings. The summed E-state index contributed by atoms with van der Waals surface area (Å²) < 4.78 is 5.03. The minimum Gasteiger partial charge on any atom is -0.480 e. The molecule has 2 aromatic carbocycles. The second-order valence-electron chi connectivity index (χ2n) is 9.31. The fraction of sp³-hybridized carbons (Fsp3) is 0.385. The standard InChI is InChI=1S/C17H21N3O10.C9H13N3O2.2ClH/c21-14(22)7-18(8-15(23)24)5-6-19(9-16(25)26)10-17(27)30-11-12-1-3-13(4-2-12)20(28)29;10-6-8(11)5-7-1-3-9(4-2-7)12(13)14;;/h1-4H,5-11H2,(H,21,22)(H,23,24)(H,25,26);1-4,8H,5-6,10-11H2;2*1H. The molecule has 0 radical (unpaired) electrons. The van der Waals surface area contributed by atoms with Crippen LogP contribution in [0, 0.1) is 20.2 Å². The summed E-state index contributed by atoms with van der Waals surface area (Å²) >= 11 is 0. The molecule has 0 spiro atoms. The third kappa shape index (κ3) is 19.0. The van der Waals surface area contributed by atoms with Crippen LogP contribution in [-0.4, -0.2) is 111 Å². The van der Waals surface area contributed by atoms with Gasteiger partial charge in [-0.2, -0.15) is 0 Å². The van der Waals surface area contributed by atoms with Gasteiger partial charge in [0.2, 0.25) is 0 Å². The van der Waals surface area contributed by atoms with E-state index in [9.17, 15) is 39.4 Å². The second-order valence-corrected chi connectivity index (χ2v) is 9.31. The number of carboxylic acid groups (broad SMARTS) is 3. The summed E-state index contributed by atoms with van der Waals surface area (Å²) in [5.41, 5.74) is 12.4. The van der Waals surface area contributed by atoms with E-state index in [-0.39, 0.29) is 61.9 Å². The summed E-state index contributed by atoms with van der Waals surface area (Å²) in [4.78, 5) is 66.9. The number of nitrogens with zero attached hydrogens (tertiary/aromatic N) is 4. The number of carboxylic acids is 3. The van der Waals surface area contributed by atoms with Gasteiger partial charge >= 0.3 is 23.9 Å². The van der Waals surface area contributed by atoms with Crippen molar-refractivity contribution in [1.29, 1.82) is 0 Å². The summed E-state index contributed by atoms with van der Waals surface area (Å²) in [5.74, 6) is -4.49. The van der Waals surface area contributed by atoms with Gasteiger partial charge in [-0.15, -0.1) is 24.8 Å². The number of carbonyl (C=O) groups excluding carboxylic acids is 1. The van der Waals surface area contributed by atoms with E-state index < -0.39 is 59.9 Å². The van der Waals surface area contributed by atoms with Crippen molar-refractivity contribution in [2.75, 3.05) is 45.8 Å². The van der Waals surface area contributed by atoms with E-state index in [1.54, 1.807) is 12.1 Å². The molecule has 0 bridgehead atoms. The number of hydrogen-bond acceptors (Lipinski definition) is 13. The van der Waals surface area contributed by atoms with Crippen LogP contribution in [0.4, 0.5) is 11.4 Å². The van der Waals surface area contributed by atoms with Crippen molar-refractivity contribution in [1.82, 2.24) is 9.80 Å². The van der Waals surface area contributed by atoms with Crippen LogP contribution >= 0.6 is 24.8 Å². The Bertz CT molecular complexity index is 1270. The highest BCUT2D eigenvalue weighted by atomic mass is 35.5. The summed E-state index contributed by atoms with van der Waals surface area (Å²) in [7, 11) is 0. The molecule has 0 aliphatic heterocycles. The number of ether oxygens (including phenoxy) is 1. The third-order valence-electron chi connectivity index (χ3n) is 5.66. The molecule has 0 aromatic heterocycles. The smallest absolute Gasteiger partial charge is 0.320 e. The molecule has 1 atom stereocenters. The molecular formula is C26H36Cl2N6O12. The van der Waals surface area contributed by atoms with Crippen LogP contribution in [0.5, 0.6) is 0 Å². The van der Waals surface area contributed by atoms with Crippen molar-refractivity contribution in [3.8, 4) is 0 Å². The molecule has 20 heteroatoms. The van der Waals surface area contributed by atoms with Crippen LogP contribution in [0.15, 0.2) is 48.5 Å². The van der Waals surface area contributed by atoms with Gasteiger partial charge in [0.15, 0.2) is 0 Å². The van der Waals surface area contributed by atoms with Crippen molar-refractivity contribution >= 4 is 60.1 Å². The van der Waals surface area contributed by atoms with Gasteiger partial charge in [0.1, 0.15) is 6.61 Å². The van der Waals surface area contributed by atoms with E-state index in [0.29, 0.717) is 18.5 Å². The number of hydrogen-bond donors (Lipinski definition) is 5. The zero-order valence-electron chi connectivity index (χ0n) is 24.3. The molecular weight excluding hydrogens is 659 g/mol. The van der Waals surface area contributed by atoms with Crippen LogP contribution in [0.2, 0.25) is 0 Å². The molecule has 46 heavy (non-hydrogen) atoms. The molecule has 0 saturated carbocycles. The first kappa shape index (κ1) is 43.7. The molecule has 0 saturated heterocycles. The van der Waals surface area contributed by atoms with Crippen molar-refractivity contribution in [2.24, 2.45) is 11.5 Å². The zero-order valence-corrected chi connectivity index (χ0v) is 26.0. The van der Waals surface area contributed by atoms with Crippen LogP contribution in [-0.2, 0) is 36.9 Å². The minimum absolute atomic E-state index is 0. The third-order valence-corrected chi connectivity index (χ3v) is 5.66. The first-order valence-corrected chi connectivity index (χ1v) is 12.9. The predicted octanol–water partition coefficient (Wildman–Crippen LogP) is 0.763. The number of rotatable bonds is 18. The fourth-order valence-corrected chi connectivity index (χ4v) is 3.53. The van der Waals surface area contributed by atoms with E-state index in [1.807, 2.05) is 0 Å². The maximum atomic E-state index is 12.0. The van der Waals surface area contributed by atoms with Gasteiger partial charge in [0, 0.05) is 49.9 Å². The van der Waals surface area contributed by atoms with Crippen molar-refractivity contribution in [3.63, 3.8) is 0 Å². The van der Waals surface area contributed by atoms with Crippen molar-refractivity contribution in [3.05, 3.63) is 79.9 Å². The molecule has 2 aromatic rings. The van der Waals surface area contributed by atoms with Gasteiger partial charge in [-0.1, -0.05) is 12.1 Å². The quantitative estimate of drug-likeness (QED) is 0.0817. The predicted molar refractivity (Wildman–Crippen MR) is 167 cm³/mol. The lowest BCUT2D eigenvalue weighted by Gasteiger charge is -2.24. The summed E-state index contributed by atoms with van der Waals surface area (Å²) in [6, 6.07) is 11.6. The Labute approximate surface area is 275 Å². The highest BCUT2D eigenvalue weighted by Crippen LogP contribution is 2.13. The normalized spacial score (nSPS) is 10.8. The average Bonchev–Trinajstić information content (AvgIpc) is 2.94. The van der Waals surface area contributed by atoms with Crippen molar-refractivity contribution < 1.29 is 49.1 Å². The van der Waals surface area contributed by atoms with Crippen molar-refractivity contribution in [2.45, 2.75) is 19.1 Å². The van der Waals surface area contributed by atoms with Gasteiger partial charge in [0.25, 0.3) is 11.4 Å². The van der Waals surface area contributed by atoms with Crippen LogP contribution in [0.25, 0.3) is 0 Å². The first-order valence-electron chi connectivity index (χ1n) is 12.9. The highest BCUT2D eigenvalue weighted by molar-refractivity contribution is 5.85. The SMILES string of the molecule is Cl.Cl.NCC(N)Cc1ccc([N+](=O)[O-])cc1.O=C(O)CN(CCN(CC(=O)O)CC(=O)OCc1ccc([N+](=O)[O-])cc1)CC(=O)O. The summed E-state index contributed by atoms with van der Waals surface area (Å²) in [5, 5.41) is 47.6. The van der Waals surface area contributed by atoms with Crippen LogP contribution in [0.3, 0.4) is 0 Å². The van der Waals surface area contributed by atoms with Gasteiger partial charge in [-0.25, -0.2) is 0 Å². The zero-order chi connectivity index (χ0) is 33.2. The lowest BCUT2D eigenvalue weighted by atomic mass is 10.1. The Balaban J connectivity index is 0. The molecule has 0 heterocycles.